The van der Waals surface area contributed by atoms with Crippen LogP contribution in [0.1, 0.15) is 25.0 Å². The molecule has 0 aliphatic carbocycles. The minimum absolute atomic E-state index is 0.581. The van der Waals surface area contributed by atoms with Crippen molar-refractivity contribution in [3.05, 3.63) is 83.9 Å². The summed E-state index contributed by atoms with van der Waals surface area (Å²) in [5, 5.41) is 0. The second-order valence-corrected chi connectivity index (χ2v) is 6.45. The Balaban J connectivity index is 1.78. The summed E-state index contributed by atoms with van der Waals surface area (Å²) in [7, 11) is 0. The smallest absolute Gasteiger partial charge is 0.125 e. The molecule has 4 nitrogen and oxygen atoms in total. The van der Waals surface area contributed by atoms with Gasteiger partial charge in [0.05, 0.1) is 0 Å². The quantitative estimate of drug-likeness (QED) is 0.496. The van der Waals surface area contributed by atoms with Crippen molar-refractivity contribution in [3.63, 3.8) is 0 Å². The monoisotopic (exact) mass is 370 g/mol. The molecule has 0 fully saturated rings. The van der Waals surface area contributed by atoms with Crippen LogP contribution in [0, 0.1) is 0 Å². The van der Waals surface area contributed by atoms with Gasteiger partial charge in [0.2, 0.25) is 0 Å². The van der Waals surface area contributed by atoms with Gasteiger partial charge in [-0.3, -0.25) is 9.98 Å². The molecule has 0 aliphatic heterocycles. The van der Waals surface area contributed by atoms with Gasteiger partial charge in [0.1, 0.15) is 11.7 Å². The first-order valence-electron chi connectivity index (χ1n) is 9.54. The van der Waals surface area contributed by atoms with Crippen molar-refractivity contribution in [1.29, 1.82) is 0 Å². The lowest BCUT2D eigenvalue weighted by Crippen LogP contribution is -2.13. The summed E-state index contributed by atoms with van der Waals surface area (Å²) in [4.78, 5) is 8.50. The van der Waals surface area contributed by atoms with Crippen molar-refractivity contribution in [1.82, 2.24) is 0 Å². The van der Waals surface area contributed by atoms with E-state index in [4.69, 9.17) is 11.5 Å². The van der Waals surface area contributed by atoms with Crippen LogP contribution >= 0.6 is 0 Å². The predicted molar refractivity (Wildman–Crippen MR) is 120 cm³/mol. The zero-order chi connectivity index (χ0) is 19.9. The SMILES string of the molecule is CCN=C(N)c1ccc(-c2ccc(-c3ccc(C(N)=NCC)cc3)cc2)cc1. The molecule has 0 saturated heterocycles. The van der Waals surface area contributed by atoms with E-state index in [0.717, 1.165) is 33.4 Å². The zero-order valence-electron chi connectivity index (χ0n) is 16.4. The molecule has 0 atom stereocenters. The maximum absolute atomic E-state index is 5.96. The molecule has 0 amide bonds. The van der Waals surface area contributed by atoms with E-state index in [1.807, 2.05) is 38.1 Å². The van der Waals surface area contributed by atoms with E-state index in [2.05, 4.69) is 58.5 Å². The Morgan fingerprint density at radius 1 is 0.536 bits per heavy atom. The number of aliphatic imine (C=N–C) groups is 2. The molecular weight excluding hydrogens is 344 g/mol. The van der Waals surface area contributed by atoms with Crippen LogP contribution in [0.15, 0.2) is 82.8 Å². The summed E-state index contributed by atoms with van der Waals surface area (Å²) in [6.07, 6.45) is 0. The van der Waals surface area contributed by atoms with Crippen molar-refractivity contribution >= 4 is 11.7 Å². The van der Waals surface area contributed by atoms with Crippen molar-refractivity contribution in [2.75, 3.05) is 13.1 Å². The van der Waals surface area contributed by atoms with E-state index in [9.17, 15) is 0 Å². The fourth-order valence-corrected chi connectivity index (χ4v) is 3.05. The molecule has 28 heavy (non-hydrogen) atoms. The van der Waals surface area contributed by atoms with Gasteiger partial charge in [0.15, 0.2) is 0 Å². The fraction of sp³-hybridized carbons (Fsp3) is 0.167. The molecule has 4 heteroatoms. The number of nitrogens with zero attached hydrogens (tertiary/aromatic N) is 2. The maximum Gasteiger partial charge on any atom is 0.125 e. The molecule has 0 radical (unpaired) electrons. The fourth-order valence-electron chi connectivity index (χ4n) is 3.05. The lowest BCUT2D eigenvalue weighted by molar-refractivity contribution is 1.12. The molecule has 142 valence electrons. The Bertz CT molecular complexity index is 884. The molecule has 3 rings (SSSR count). The Morgan fingerprint density at radius 2 is 0.786 bits per heavy atom. The number of rotatable bonds is 6. The minimum atomic E-state index is 0.581. The lowest BCUT2D eigenvalue weighted by Gasteiger charge is -2.07. The summed E-state index contributed by atoms with van der Waals surface area (Å²) in [5.74, 6) is 1.16. The second kappa shape index (κ2) is 9.00. The van der Waals surface area contributed by atoms with Gasteiger partial charge >= 0.3 is 0 Å². The average molecular weight is 371 g/mol. The molecule has 4 N–H and O–H groups in total. The van der Waals surface area contributed by atoms with Crippen LogP contribution in [-0.4, -0.2) is 24.8 Å². The van der Waals surface area contributed by atoms with Crippen LogP contribution in [0.4, 0.5) is 0 Å². The molecule has 3 aromatic carbocycles. The number of amidine groups is 2. The largest absolute Gasteiger partial charge is 0.384 e. The second-order valence-electron chi connectivity index (χ2n) is 6.45. The summed E-state index contributed by atoms with van der Waals surface area (Å²) < 4.78 is 0. The van der Waals surface area contributed by atoms with Crippen LogP contribution in [0.5, 0.6) is 0 Å². The molecule has 0 saturated carbocycles. The molecule has 0 unspecified atom stereocenters. The number of benzene rings is 3. The van der Waals surface area contributed by atoms with Crippen LogP contribution in [0.3, 0.4) is 0 Å². The highest BCUT2D eigenvalue weighted by Crippen LogP contribution is 2.25. The van der Waals surface area contributed by atoms with Crippen molar-refractivity contribution in [2.45, 2.75) is 13.8 Å². The third-order valence-electron chi connectivity index (χ3n) is 4.57. The lowest BCUT2D eigenvalue weighted by atomic mass is 9.99. The van der Waals surface area contributed by atoms with E-state index < -0.39 is 0 Å². The molecule has 0 bridgehead atoms. The molecular formula is C24H26N4. The molecule has 3 aromatic rings. The summed E-state index contributed by atoms with van der Waals surface area (Å²) in [6, 6.07) is 24.9. The highest BCUT2D eigenvalue weighted by molar-refractivity contribution is 5.98. The van der Waals surface area contributed by atoms with Crippen molar-refractivity contribution < 1.29 is 0 Å². The van der Waals surface area contributed by atoms with Gasteiger partial charge in [-0.2, -0.15) is 0 Å². The zero-order valence-corrected chi connectivity index (χ0v) is 16.4. The van der Waals surface area contributed by atoms with Crippen LogP contribution < -0.4 is 11.5 Å². The van der Waals surface area contributed by atoms with E-state index in [0.29, 0.717) is 24.8 Å². The average Bonchev–Trinajstić information content (AvgIpc) is 2.74. The van der Waals surface area contributed by atoms with Crippen LogP contribution in [-0.2, 0) is 0 Å². The predicted octanol–water partition coefficient (Wildman–Crippen LogP) is 4.47. The highest BCUT2D eigenvalue weighted by Gasteiger charge is 2.04. The van der Waals surface area contributed by atoms with E-state index >= 15 is 0 Å². The third-order valence-corrected chi connectivity index (χ3v) is 4.57. The minimum Gasteiger partial charge on any atom is -0.384 e. The number of hydrogen-bond acceptors (Lipinski definition) is 2. The number of nitrogens with two attached hydrogens (primary N) is 2. The summed E-state index contributed by atoms with van der Waals surface area (Å²) in [6.45, 7) is 5.33. The van der Waals surface area contributed by atoms with Gasteiger partial charge in [-0.15, -0.1) is 0 Å². The maximum atomic E-state index is 5.96. The Hall–Kier alpha value is -3.40. The van der Waals surface area contributed by atoms with Gasteiger partial charge in [-0.1, -0.05) is 72.8 Å². The van der Waals surface area contributed by atoms with Gasteiger partial charge in [0.25, 0.3) is 0 Å². The summed E-state index contributed by atoms with van der Waals surface area (Å²) >= 11 is 0. The molecule has 0 aromatic heterocycles. The highest BCUT2D eigenvalue weighted by atomic mass is 14.8. The normalized spacial score (nSPS) is 12.2. The van der Waals surface area contributed by atoms with Crippen molar-refractivity contribution in [2.24, 2.45) is 21.5 Å². The van der Waals surface area contributed by atoms with E-state index in [1.165, 1.54) is 0 Å². The Kier molecular flexibility index (Phi) is 6.22. The van der Waals surface area contributed by atoms with Gasteiger partial charge in [-0.05, 0) is 36.1 Å². The third kappa shape index (κ3) is 4.46. The Morgan fingerprint density at radius 3 is 1.04 bits per heavy atom. The molecule has 0 aliphatic rings. The first-order chi connectivity index (χ1) is 13.6. The van der Waals surface area contributed by atoms with Crippen LogP contribution in [0.2, 0.25) is 0 Å². The van der Waals surface area contributed by atoms with Crippen molar-refractivity contribution in [3.8, 4) is 22.3 Å². The first kappa shape index (κ1) is 19.4. The molecule has 0 heterocycles. The van der Waals surface area contributed by atoms with Gasteiger partial charge < -0.3 is 11.5 Å². The van der Waals surface area contributed by atoms with E-state index in [1.54, 1.807) is 0 Å². The number of hydrogen-bond donors (Lipinski definition) is 2. The summed E-state index contributed by atoms with van der Waals surface area (Å²) in [5.41, 5.74) is 18.5. The van der Waals surface area contributed by atoms with Crippen LogP contribution in [0.25, 0.3) is 22.3 Å². The first-order valence-corrected chi connectivity index (χ1v) is 9.54. The molecule has 0 spiro atoms. The van der Waals surface area contributed by atoms with Gasteiger partial charge in [0, 0.05) is 24.2 Å². The van der Waals surface area contributed by atoms with E-state index in [-0.39, 0.29) is 0 Å². The Labute approximate surface area is 166 Å². The standard InChI is InChI=1S/C24H26N4/c1-3-27-23(25)21-13-9-19(10-14-21)17-5-7-18(8-6-17)20-11-15-22(16-12-20)24(26)28-4-2/h5-16H,3-4H2,1-2H3,(H2,25,27)(H2,26,28). The van der Waals surface area contributed by atoms with Gasteiger partial charge in [-0.25, -0.2) is 0 Å². The topological polar surface area (TPSA) is 76.8 Å².